The molecule has 4 aromatic rings. The number of urea groups is 1. The average Bonchev–Trinajstić information content (AvgIpc) is 3.54. The van der Waals surface area contributed by atoms with Gasteiger partial charge in [0.15, 0.2) is 0 Å². The monoisotopic (exact) mass is 511 g/mol. The SMILES string of the molecule is Cn1cc(C2=C(c3cn4c5c(cc(F)cc35)CN(C(=O)N3CCCCC3)CC4)CNC2=O)c2ccccc21. The topological polar surface area (TPSA) is 62.5 Å². The molecule has 0 aliphatic carbocycles. The number of hydrogen-bond acceptors (Lipinski definition) is 2. The molecule has 2 aromatic carbocycles. The Morgan fingerprint density at radius 2 is 1.74 bits per heavy atom. The maximum absolute atomic E-state index is 15.1. The quantitative estimate of drug-likeness (QED) is 0.423. The number of rotatable bonds is 2. The summed E-state index contributed by atoms with van der Waals surface area (Å²) < 4.78 is 19.3. The van der Waals surface area contributed by atoms with Crippen molar-refractivity contribution >= 4 is 44.9 Å². The molecule has 0 unspecified atom stereocenters. The van der Waals surface area contributed by atoms with Crippen LogP contribution in [0.15, 0.2) is 48.8 Å². The van der Waals surface area contributed by atoms with Crippen molar-refractivity contribution in [1.29, 1.82) is 0 Å². The highest BCUT2D eigenvalue weighted by molar-refractivity contribution is 6.33. The number of nitrogens with one attached hydrogen (secondary N) is 1. The molecule has 2 aromatic heterocycles. The molecule has 3 aliphatic rings. The van der Waals surface area contributed by atoms with Gasteiger partial charge in [-0.05, 0) is 48.6 Å². The molecule has 1 saturated heterocycles. The zero-order valence-corrected chi connectivity index (χ0v) is 21.5. The number of halogens is 1. The van der Waals surface area contributed by atoms with Crippen LogP contribution in [0.4, 0.5) is 9.18 Å². The second-order valence-electron chi connectivity index (χ2n) is 10.7. The lowest BCUT2D eigenvalue weighted by molar-refractivity contribution is -0.114. The standard InChI is InChI=1S/C30H30FN5O2/c1-33-17-25(21-7-3-4-8-26(21)33)27-23(15-32-29(27)37)24-18-35-11-12-36(30(38)34-9-5-2-6-10-34)16-19-13-20(31)14-22(24)28(19)35/h3-4,7-8,13-14,17-18H,2,5-6,9-12,15-16H2,1H3,(H,32,37). The van der Waals surface area contributed by atoms with Gasteiger partial charge in [0.05, 0.1) is 11.1 Å². The number of fused-ring (bicyclic) bond motifs is 1. The van der Waals surface area contributed by atoms with Gasteiger partial charge in [0.1, 0.15) is 5.82 Å². The summed E-state index contributed by atoms with van der Waals surface area (Å²) in [6, 6.07) is 11.2. The molecule has 1 fully saturated rings. The van der Waals surface area contributed by atoms with Gasteiger partial charge in [-0.15, -0.1) is 0 Å². The number of piperidine rings is 1. The van der Waals surface area contributed by atoms with Gasteiger partial charge in [0.2, 0.25) is 0 Å². The van der Waals surface area contributed by atoms with Crippen LogP contribution in [-0.4, -0.2) is 57.1 Å². The van der Waals surface area contributed by atoms with Crippen LogP contribution in [0.3, 0.4) is 0 Å². The zero-order chi connectivity index (χ0) is 26.0. The van der Waals surface area contributed by atoms with Gasteiger partial charge >= 0.3 is 6.03 Å². The van der Waals surface area contributed by atoms with Crippen molar-refractivity contribution in [2.75, 3.05) is 26.2 Å². The third kappa shape index (κ3) is 3.54. The van der Waals surface area contributed by atoms with E-state index in [-0.39, 0.29) is 17.8 Å². The van der Waals surface area contributed by atoms with E-state index in [4.69, 9.17) is 0 Å². The van der Waals surface area contributed by atoms with Gasteiger partial charge in [-0.2, -0.15) is 0 Å². The molecule has 38 heavy (non-hydrogen) atoms. The Hall–Kier alpha value is -4.07. The number of hydrogen-bond donors (Lipinski definition) is 1. The molecule has 3 aliphatic heterocycles. The molecule has 0 atom stereocenters. The van der Waals surface area contributed by atoms with Crippen LogP contribution in [0.2, 0.25) is 0 Å². The predicted octanol–water partition coefficient (Wildman–Crippen LogP) is 4.73. The molecular formula is C30H30FN5O2. The van der Waals surface area contributed by atoms with Crippen molar-refractivity contribution in [3.63, 3.8) is 0 Å². The molecule has 0 saturated carbocycles. The van der Waals surface area contributed by atoms with Crippen LogP contribution >= 0.6 is 0 Å². The summed E-state index contributed by atoms with van der Waals surface area (Å²) in [5, 5.41) is 4.82. The van der Waals surface area contributed by atoms with E-state index in [1.165, 1.54) is 0 Å². The Morgan fingerprint density at radius 3 is 2.58 bits per heavy atom. The van der Waals surface area contributed by atoms with Crippen LogP contribution in [0.1, 0.15) is 36.0 Å². The largest absolute Gasteiger partial charge is 0.350 e. The summed E-state index contributed by atoms with van der Waals surface area (Å²) >= 11 is 0. The lowest BCUT2D eigenvalue weighted by Gasteiger charge is -2.32. The highest BCUT2D eigenvalue weighted by Crippen LogP contribution is 2.40. The summed E-state index contributed by atoms with van der Waals surface area (Å²) in [5.41, 5.74) is 6.09. The maximum Gasteiger partial charge on any atom is 0.320 e. The van der Waals surface area contributed by atoms with E-state index in [0.29, 0.717) is 31.8 Å². The third-order valence-corrected chi connectivity index (χ3v) is 8.33. The average molecular weight is 512 g/mol. The number of carbonyl (C=O) groups excluding carboxylic acids is 2. The molecule has 3 amide bonds. The number of para-hydroxylation sites is 1. The first-order valence-electron chi connectivity index (χ1n) is 13.4. The molecule has 5 heterocycles. The van der Waals surface area contributed by atoms with Crippen molar-refractivity contribution in [1.82, 2.24) is 24.3 Å². The zero-order valence-electron chi connectivity index (χ0n) is 21.5. The lowest BCUT2D eigenvalue weighted by Crippen LogP contribution is -2.45. The van der Waals surface area contributed by atoms with Crippen molar-refractivity contribution in [2.45, 2.75) is 32.4 Å². The fourth-order valence-electron chi connectivity index (χ4n) is 6.53. The number of carbonyl (C=O) groups is 2. The highest BCUT2D eigenvalue weighted by atomic mass is 19.1. The van der Waals surface area contributed by atoms with Gasteiger partial charge in [0, 0.05) is 86.1 Å². The Kier molecular flexibility index (Phi) is 5.32. The predicted molar refractivity (Wildman–Crippen MR) is 146 cm³/mol. The van der Waals surface area contributed by atoms with Crippen LogP contribution in [-0.2, 0) is 24.9 Å². The molecule has 194 valence electrons. The summed E-state index contributed by atoms with van der Waals surface area (Å²) in [6.45, 7) is 3.52. The van der Waals surface area contributed by atoms with E-state index in [2.05, 4.69) is 9.88 Å². The van der Waals surface area contributed by atoms with E-state index < -0.39 is 0 Å². The number of nitrogens with zero attached hydrogens (tertiary/aromatic N) is 4. The smallest absolute Gasteiger partial charge is 0.320 e. The fraction of sp³-hybridized carbons (Fsp3) is 0.333. The van der Waals surface area contributed by atoms with E-state index in [9.17, 15) is 9.59 Å². The minimum atomic E-state index is -0.330. The second kappa shape index (κ2) is 8.75. The van der Waals surface area contributed by atoms with E-state index in [1.54, 1.807) is 12.1 Å². The normalized spacial score (nSPS) is 18.0. The number of aryl methyl sites for hydroxylation is 1. The third-order valence-electron chi connectivity index (χ3n) is 8.33. The Balaban J connectivity index is 1.35. The first-order chi connectivity index (χ1) is 18.5. The van der Waals surface area contributed by atoms with Crippen molar-refractivity contribution in [3.05, 3.63) is 71.3 Å². The Morgan fingerprint density at radius 1 is 0.921 bits per heavy atom. The first-order valence-corrected chi connectivity index (χ1v) is 13.4. The summed E-state index contributed by atoms with van der Waals surface area (Å²) in [4.78, 5) is 30.3. The highest BCUT2D eigenvalue weighted by Gasteiger charge is 2.31. The van der Waals surface area contributed by atoms with Crippen molar-refractivity contribution in [2.24, 2.45) is 7.05 Å². The van der Waals surface area contributed by atoms with Crippen molar-refractivity contribution in [3.8, 4) is 0 Å². The summed E-state index contributed by atoms with van der Waals surface area (Å²) in [6.07, 6.45) is 7.28. The van der Waals surface area contributed by atoms with E-state index >= 15 is 4.39 Å². The number of amides is 3. The first kappa shape index (κ1) is 23.1. The Bertz CT molecular complexity index is 1660. The van der Waals surface area contributed by atoms with E-state index in [0.717, 1.165) is 76.4 Å². The number of aromatic nitrogens is 2. The van der Waals surface area contributed by atoms with Gasteiger partial charge in [-0.1, -0.05) is 18.2 Å². The fourth-order valence-corrected chi connectivity index (χ4v) is 6.53. The minimum absolute atomic E-state index is 0.0413. The molecule has 7 rings (SSSR count). The summed E-state index contributed by atoms with van der Waals surface area (Å²) in [7, 11) is 1.98. The molecule has 0 radical (unpaired) electrons. The number of likely N-dealkylation sites (tertiary alicyclic amines) is 1. The Labute approximate surface area is 220 Å². The molecule has 8 heteroatoms. The molecule has 7 nitrogen and oxygen atoms in total. The second-order valence-corrected chi connectivity index (χ2v) is 10.7. The molecule has 1 N–H and O–H groups in total. The van der Waals surface area contributed by atoms with Crippen LogP contribution in [0.5, 0.6) is 0 Å². The maximum atomic E-state index is 15.1. The molecule has 0 spiro atoms. The van der Waals surface area contributed by atoms with Crippen LogP contribution in [0, 0.1) is 5.82 Å². The van der Waals surface area contributed by atoms with Crippen LogP contribution in [0.25, 0.3) is 33.0 Å². The van der Waals surface area contributed by atoms with Gasteiger partial charge in [-0.3, -0.25) is 4.79 Å². The van der Waals surface area contributed by atoms with Crippen molar-refractivity contribution < 1.29 is 14.0 Å². The van der Waals surface area contributed by atoms with Gasteiger partial charge < -0.3 is 24.3 Å². The van der Waals surface area contributed by atoms with Gasteiger partial charge in [-0.25, -0.2) is 9.18 Å². The molecular weight excluding hydrogens is 481 g/mol. The molecule has 0 bridgehead atoms. The van der Waals surface area contributed by atoms with Crippen LogP contribution < -0.4 is 5.32 Å². The minimum Gasteiger partial charge on any atom is -0.350 e. The lowest BCUT2D eigenvalue weighted by atomic mass is 9.95. The van der Waals surface area contributed by atoms with E-state index in [1.807, 2.05) is 58.1 Å². The van der Waals surface area contributed by atoms with Gasteiger partial charge in [0.25, 0.3) is 5.91 Å². The summed E-state index contributed by atoms with van der Waals surface area (Å²) in [5.74, 6) is -0.442. The number of benzene rings is 2.